The summed E-state index contributed by atoms with van der Waals surface area (Å²) in [6, 6.07) is 16.5. The van der Waals surface area contributed by atoms with Crippen molar-refractivity contribution in [2.24, 2.45) is 7.05 Å². The summed E-state index contributed by atoms with van der Waals surface area (Å²) in [6.07, 6.45) is 9.40. The molecule has 0 fully saturated rings. The highest BCUT2D eigenvalue weighted by atomic mass is 15.2. The fourth-order valence-corrected chi connectivity index (χ4v) is 3.54. The van der Waals surface area contributed by atoms with Crippen LogP contribution in [0.1, 0.15) is 5.56 Å². The third-order valence-electron chi connectivity index (χ3n) is 5.12. The predicted octanol–water partition coefficient (Wildman–Crippen LogP) is 5.42. The molecule has 144 valence electrons. The first-order chi connectivity index (χ1) is 14.7. The lowest BCUT2D eigenvalue weighted by Gasteiger charge is -2.11. The number of fused-ring (bicyclic) bond motifs is 2. The lowest BCUT2D eigenvalue weighted by atomic mass is 10.0. The van der Waals surface area contributed by atoms with Gasteiger partial charge >= 0.3 is 0 Å². The largest absolute Gasteiger partial charge is 0.333 e. The van der Waals surface area contributed by atoms with Gasteiger partial charge in [-0.3, -0.25) is 9.67 Å². The van der Waals surface area contributed by atoms with E-state index < -0.39 is 0 Å². The molecule has 3 aromatic heterocycles. The van der Waals surface area contributed by atoms with Gasteiger partial charge in [0, 0.05) is 53.7 Å². The van der Waals surface area contributed by atoms with E-state index in [0.717, 1.165) is 49.8 Å². The van der Waals surface area contributed by atoms with E-state index in [1.165, 1.54) is 0 Å². The lowest BCUT2D eigenvalue weighted by Crippen LogP contribution is -2.00. The summed E-state index contributed by atoms with van der Waals surface area (Å²) in [7, 11) is 1.92. The van der Waals surface area contributed by atoms with E-state index in [4.69, 9.17) is 0 Å². The van der Waals surface area contributed by atoms with E-state index in [1.54, 1.807) is 10.9 Å². The van der Waals surface area contributed by atoms with Crippen molar-refractivity contribution in [1.82, 2.24) is 19.7 Å². The zero-order valence-corrected chi connectivity index (χ0v) is 16.5. The van der Waals surface area contributed by atoms with Crippen molar-refractivity contribution >= 4 is 33.1 Å². The first-order valence-corrected chi connectivity index (χ1v) is 9.60. The Kier molecular flexibility index (Phi) is 4.36. The number of pyridine rings is 2. The molecule has 3 heterocycles. The van der Waals surface area contributed by atoms with Crippen molar-refractivity contribution in [2.45, 2.75) is 0 Å². The van der Waals surface area contributed by atoms with Crippen LogP contribution < -0.4 is 5.32 Å². The summed E-state index contributed by atoms with van der Waals surface area (Å²) >= 11 is 0. The predicted molar refractivity (Wildman–Crippen MR) is 122 cm³/mol. The SMILES string of the molecule is C=C=C(Nc1cc2cc(-c3cnn(C)c3)ccc2cn1)c1ccc2cnccc2c1. The first kappa shape index (κ1) is 17.9. The molecule has 2 aromatic carbocycles. The number of hydrogen-bond donors (Lipinski definition) is 1. The van der Waals surface area contributed by atoms with Crippen molar-refractivity contribution in [2.75, 3.05) is 5.32 Å². The second-order valence-corrected chi connectivity index (χ2v) is 7.15. The number of anilines is 1. The molecule has 0 bridgehead atoms. The smallest absolute Gasteiger partial charge is 0.131 e. The van der Waals surface area contributed by atoms with Gasteiger partial charge in [-0.1, -0.05) is 30.8 Å². The fourth-order valence-electron chi connectivity index (χ4n) is 3.54. The van der Waals surface area contributed by atoms with Crippen LogP contribution in [-0.2, 0) is 7.05 Å². The van der Waals surface area contributed by atoms with Gasteiger partial charge in [0.05, 0.1) is 11.9 Å². The molecule has 5 nitrogen and oxygen atoms in total. The molecule has 0 atom stereocenters. The zero-order chi connectivity index (χ0) is 20.5. The van der Waals surface area contributed by atoms with Gasteiger partial charge in [-0.25, -0.2) is 4.98 Å². The summed E-state index contributed by atoms with van der Waals surface area (Å²) in [5, 5.41) is 12.0. The lowest BCUT2D eigenvalue weighted by molar-refractivity contribution is 0.768. The van der Waals surface area contributed by atoms with E-state index >= 15 is 0 Å². The Labute approximate surface area is 174 Å². The Bertz CT molecular complexity index is 1440. The molecule has 0 spiro atoms. The van der Waals surface area contributed by atoms with Gasteiger partial charge in [0.2, 0.25) is 0 Å². The molecule has 5 aromatic rings. The Balaban J connectivity index is 1.49. The molecular weight excluding hydrogens is 370 g/mol. The third kappa shape index (κ3) is 3.34. The van der Waals surface area contributed by atoms with Crippen LogP contribution in [0.15, 0.2) is 91.8 Å². The maximum Gasteiger partial charge on any atom is 0.131 e. The highest BCUT2D eigenvalue weighted by Gasteiger charge is 2.07. The molecule has 0 aliphatic rings. The zero-order valence-electron chi connectivity index (χ0n) is 16.5. The molecule has 0 aliphatic carbocycles. The number of aromatic nitrogens is 4. The van der Waals surface area contributed by atoms with Crippen LogP contribution in [0.4, 0.5) is 5.82 Å². The van der Waals surface area contributed by atoms with E-state index in [0.29, 0.717) is 0 Å². The van der Waals surface area contributed by atoms with Gasteiger partial charge in [-0.2, -0.15) is 5.10 Å². The number of nitrogens with zero attached hydrogens (tertiary/aromatic N) is 4. The summed E-state index contributed by atoms with van der Waals surface area (Å²) in [5.41, 5.74) is 6.99. The highest BCUT2D eigenvalue weighted by molar-refractivity contribution is 5.91. The third-order valence-corrected chi connectivity index (χ3v) is 5.12. The van der Waals surface area contributed by atoms with E-state index in [2.05, 4.69) is 57.0 Å². The minimum Gasteiger partial charge on any atom is -0.333 e. The molecule has 0 amide bonds. The van der Waals surface area contributed by atoms with Crippen molar-refractivity contribution in [3.05, 3.63) is 97.4 Å². The molecule has 5 heteroatoms. The first-order valence-electron chi connectivity index (χ1n) is 9.60. The average molecular weight is 389 g/mol. The van der Waals surface area contributed by atoms with Crippen LogP contribution >= 0.6 is 0 Å². The number of aryl methyl sites for hydroxylation is 1. The molecule has 0 saturated carbocycles. The van der Waals surface area contributed by atoms with Gasteiger partial charge in [0.1, 0.15) is 5.82 Å². The second kappa shape index (κ2) is 7.32. The topological polar surface area (TPSA) is 55.6 Å². The van der Waals surface area contributed by atoms with Crippen LogP contribution in [0.3, 0.4) is 0 Å². The summed E-state index contributed by atoms with van der Waals surface area (Å²) < 4.78 is 1.81. The second-order valence-electron chi connectivity index (χ2n) is 7.15. The molecule has 0 unspecified atom stereocenters. The quantitative estimate of drug-likeness (QED) is 0.417. The number of nitrogens with one attached hydrogen (secondary N) is 1. The van der Waals surface area contributed by atoms with Gasteiger partial charge < -0.3 is 5.32 Å². The summed E-state index contributed by atoms with van der Waals surface area (Å²) in [5.74, 6) is 0.742. The maximum atomic E-state index is 4.56. The van der Waals surface area contributed by atoms with Crippen LogP contribution in [0.2, 0.25) is 0 Å². The van der Waals surface area contributed by atoms with Crippen LogP contribution in [0, 0.1) is 0 Å². The van der Waals surface area contributed by atoms with Crippen molar-refractivity contribution in [1.29, 1.82) is 0 Å². The molecule has 1 N–H and O–H groups in total. The van der Waals surface area contributed by atoms with Gasteiger partial charge in [0.25, 0.3) is 0 Å². The summed E-state index contributed by atoms with van der Waals surface area (Å²) in [4.78, 5) is 8.73. The number of hydrogen-bond acceptors (Lipinski definition) is 4. The van der Waals surface area contributed by atoms with Crippen molar-refractivity contribution < 1.29 is 0 Å². The normalized spacial score (nSPS) is 10.8. The van der Waals surface area contributed by atoms with Crippen molar-refractivity contribution in [3.63, 3.8) is 0 Å². The Hall–Kier alpha value is -4.21. The Morgan fingerprint density at radius 3 is 2.60 bits per heavy atom. The fraction of sp³-hybridized carbons (Fsp3) is 0.0400. The van der Waals surface area contributed by atoms with Gasteiger partial charge in [-0.05, 0) is 40.6 Å². The minimum absolute atomic E-state index is 0.742. The Morgan fingerprint density at radius 1 is 0.900 bits per heavy atom. The van der Waals surface area contributed by atoms with Crippen LogP contribution in [-0.4, -0.2) is 19.7 Å². The molecule has 0 radical (unpaired) electrons. The maximum absolute atomic E-state index is 4.56. The van der Waals surface area contributed by atoms with Gasteiger partial charge in [0.15, 0.2) is 0 Å². The molecule has 5 rings (SSSR count). The highest BCUT2D eigenvalue weighted by Crippen LogP contribution is 2.27. The van der Waals surface area contributed by atoms with Crippen LogP contribution in [0.5, 0.6) is 0 Å². The van der Waals surface area contributed by atoms with Crippen LogP contribution in [0.25, 0.3) is 38.4 Å². The van der Waals surface area contributed by atoms with Gasteiger partial charge in [-0.15, -0.1) is 5.73 Å². The number of rotatable bonds is 4. The summed E-state index contributed by atoms with van der Waals surface area (Å²) in [6.45, 7) is 3.86. The van der Waals surface area contributed by atoms with E-state index in [1.807, 2.05) is 56.1 Å². The molecule has 30 heavy (non-hydrogen) atoms. The standard InChI is InChI=1S/C25H19N5/c1-3-24(19-5-7-20-13-26-9-8-18(20)10-19)29-25-12-22-11-17(4-6-21(22)14-27-25)23-15-28-30(2)16-23/h4-16H,1H2,2H3,(H,27,29). The number of benzene rings is 2. The molecule has 0 saturated heterocycles. The Morgan fingerprint density at radius 2 is 1.77 bits per heavy atom. The minimum atomic E-state index is 0.742. The van der Waals surface area contributed by atoms with E-state index in [-0.39, 0.29) is 0 Å². The molecule has 0 aliphatic heterocycles. The van der Waals surface area contributed by atoms with E-state index in [9.17, 15) is 0 Å². The average Bonchev–Trinajstić information content (AvgIpc) is 3.23. The van der Waals surface area contributed by atoms with Crippen molar-refractivity contribution in [3.8, 4) is 11.1 Å². The monoisotopic (exact) mass is 389 g/mol. The molecular formula is C25H19N5.